The summed E-state index contributed by atoms with van der Waals surface area (Å²) < 4.78 is 0. The van der Waals surface area contributed by atoms with Crippen LogP contribution in [0, 0.1) is 6.92 Å². The molecule has 0 aromatic heterocycles. The number of rotatable bonds is 3. The Balaban J connectivity index is 2.00. The summed E-state index contributed by atoms with van der Waals surface area (Å²) in [4.78, 5) is 2.53. The van der Waals surface area contributed by atoms with E-state index in [2.05, 4.69) is 47.5 Å². The molecule has 0 radical (unpaired) electrons. The smallest absolute Gasteiger partial charge is 0.0602 e. The highest BCUT2D eigenvalue weighted by atomic mass is 35.5. The Morgan fingerprint density at radius 1 is 0.913 bits per heavy atom. The number of hydrogen-bond acceptors (Lipinski definition) is 2. The standard InChI is InChI=1S/C19H22Cl2N2/c1-14-3-5-15(6-4-14)19(23-11-2-9-22-10-12-23)16-7-8-17(20)18(21)13-16/h3-8,13,19,22H,2,9-12H2,1H3. The SMILES string of the molecule is Cc1ccc(C(c2ccc(Cl)c(Cl)c2)N2CCCNCC2)cc1. The normalized spacial score (nSPS) is 17.7. The second-order valence-electron chi connectivity index (χ2n) is 6.13. The van der Waals surface area contributed by atoms with Gasteiger partial charge in [-0.1, -0.05) is 59.1 Å². The van der Waals surface area contributed by atoms with E-state index in [9.17, 15) is 0 Å². The van der Waals surface area contributed by atoms with Gasteiger partial charge in [-0.2, -0.15) is 0 Å². The molecule has 0 bridgehead atoms. The minimum atomic E-state index is 0.213. The molecule has 1 N–H and O–H groups in total. The van der Waals surface area contributed by atoms with E-state index in [0.717, 1.165) is 32.6 Å². The van der Waals surface area contributed by atoms with Gasteiger partial charge in [0, 0.05) is 19.6 Å². The van der Waals surface area contributed by atoms with Crippen molar-refractivity contribution in [3.05, 3.63) is 69.2 Å². The summed E-state index contributed by atoms with van der Waals surface area (Å²) in [5.74, 6) is 0. The monoisotopic (exact) mass is 348 g/mol. The van der Waals surface area contributed by atoms with Gasteiger partial charge in [0.25, 0.3) is 0 Å². The van der Waals surface area contributed by atoms with Crippen LogP contribution >= 0.6 is 23.2 Å². The lowest BCUT2D eigenvalue weighted by molar-refractivity contribution is 0.241. The van der Waals surface area contributed by atoms with Crippen LogP contribution in [0.3, 0.4) is 0 Å². The van der Waals surface area contributed by atoms with Gasteiger partial charge in [-0.3, -0.25) is 4.90 Å². The van der Waals surface area contributed by atoms with Gasteiger partial charge in [0.05, 0.1) is 16.1 Å². The zero-order chi connectivity index (χ0) is 16.2. The fourth-order valence-electron chi connectivity index (χ4n) is 3.17. The van der Waals surface area contributed by atoms with Gasteiger partial charge in [0.1, 0.15) is 0 Å². The van der Waals surface area contributed by atoms with Crippen LogP contribution in [0.15, 0.2) is 42.5 Å². The Hall–Kier alpha value is -1.06. The van der Waals surface area contributed by atoms with Crippen LogP contribution in [-0.4, -0.2) is 31.1 Å². The Morgan fingerprint density at radius 2 is 1.65 bits per heavy atom. The number of aryl methyl sites for hydroxylation is 1. The third-order valence-corrected chi connectivity index (χ3v) is 5.13. The molecule has 2 nitrogen and oxygen atoms in total. The minimum absolute atomic E-state index is 0.213. The summed E-state index contributed by atoms with van der Waals surface area (Å²) in [6, 6.07) is 15.0. The lowest BCUT2D eigenvalue weighted by atomic mass is 9.96. The average molecular weight is 349 g/mol. The lowest BCUT2D eigenvalue weighted by Crippen LogP contribution is -2.33. The molecule has 0 saturated carbocycles. The van der Waals surface area contributed by atoms with Gasteiger partial charge >= 0.3 is 0 Å². The van der Waals surface area contributed by atoms with E-state index in [1.54, 1.807) is 0 Å². The molecular formula is C19H22Cl2N2. The van der Waals surface area contributed by atoms with Crippen LogP contribution in [0.1, 0.15) is 29.2 Å². The maximum absolute atomic E-state index is 6.28. The third kappa shape index (κ3) is 4.07. The van der Waals surface area contributed by atoms with Crippen molar-refractivity contribution in [2.45, 2.75) is 19.4 Å². The van der Waals surface area contributed by atoms with Crippen LogP contribution in [-0.2, 0) is 0 Å². The first kappa shape index (κ1) is 16.8. The Kier molecular flexibility index (Phi) is 5.60. The largest absolute Gasteiger partial charge is 0.315 e. The minimum Gasteiger partial charge on any atom is -0.315 e. The molecule has 1 unspecified atom stereocenters. The number of nitrogens with one attached hydrogen (secondary N) is 1. The first-order valence-corrected chi connectivity index (χ1v) is 8.87. The van der Waals surface area contributed by atoms with Crippen LogP contribution in [0.2, 0.25) is 10.0 Å². The molecule has 2 aromatic carbocycles. The molecule has 122 valence electrons. The molecule has 1 heterocycles. The van der Waals surface area contributed by atoms with Crippen molar-refractivity contribution >= 4 is 23.2 Å². The zero-order valence-corrected chi connectivity index (χ0v) is 14.9. The number of benzene rings is 2. The summed E-state index contributed by atoms with van der Waals surface area (Å²) in [6.07, 6.45) is 1.16. The first-order valence-electron chi connectivity index (χ1n) is 8.11. The molecule has 4 heteroatoms. The maximum Gasteiger partial charge on any atom is 0.0602 e. The van der Waals surface area contributed by atoms with Gasteiger partial charge in [-0.15, -0.1) is 0 Å². The van der Waals surface area contributed by atoms with E-state index in [-0.39, 0.29) is 6.04 Å². The molecule has 1 aliphatic rings. The highest BCUT2D eigenvalue weighted by Gasteiger charge is 2.23. The Morgan fingerprint density at radius 3 is 2.39 bits per heavy atom. The predicted molar refractivity (Wildman–Crippen MR) is 98.5 cm³/mol. The van der Waals surface area contributed by atoms with E-state index >= 15 is 0 Å². The summed E-state index contributed by atoms with van der Waals surface area (Å²) in [7, 11) is 0. The average Bonchev–Trinajstić information content (AvgIpc) is 2.82. The summed E-state index contributed by atoms with van der Waals surface area (Å²) in [5, 5.41) is 4.70. The van der Waals surface area contributed by atoms with Crippen molar-refractivity contribution in [2.24, 2.45) is 0 Å². The third-order valence-electron chi connectivity index (χ3n) is 4.39. The summed E-state index contributed by atoms with van der Waals surface area (Å²) in [6.45, 7) is 6.32. The van der Waals surface area contributed by atoms with Crippen molar-refractivity contribution in [2.75, 3.05) is 26.2 Å². The quantitative estimate of drug-likeness (QED) is 0.865. The highest BCUT2D eigenvalue weighted by Crippen LogP contribution is 2.33. The maximum atomic E-state index is 6.28. The van der Waals surface area contributed by atoms with E-state index < -0.39 is 0 Å². The molecule has 0 amide bonds. The first-order chi connectivity index (χ1) is 11.1. The van der Waals surface area contributed by atoms with Crippen molar-refractivity contribution in [3.8, 4) is 0 Å². The van der Waals surface area contributed by atoms with Gasteiger partial charge in [-0.05, 0) is 43.1 Å². The zero-order valence-electron chi connectivity index (χ0n) is 13.4. The van der Waals surface area contributed by atoms with Gasteiger partial charge in [0.2, 0.25) is 0 Å². The fourth-order valence-corrected chi connectivity index (χ4v) is 3.48. The molecule has 2 aromatic rings. The van der Waals surface area contributed by atoms with Crippen LogP contribution < -0.4 is 5.32 Å². The number of hydrogen-bond donors (Lipinski definition) is 1. The van der Waals surface area contributed by atoms with E-state index in [0.29, 0.717) is 10.0 Å². The van der Waals surface area contributed by atoms with Gasteiger partial charge in [-0.25, -0.2) is 0 Å². The van der Waals surface area contributed by atoms with Crippen molar-refractivity contribution in [3.63, 3.8) is 0 Å². The summed E-state index contributed by atoms with van der Waals surface area (Å²) in [5.41, 5.74) is 3.78. The second kappa shape index (κ2) is 7.67. The highest BCUT2D eigenvalue weighted by molar-refractivity contribution is 6.42. The molecule has 0 spiro atoms. The molecular weight excluding hydrogens is 327 g/mol. The summed E-state index contributed by atoms with van der Waals surface area (Å²) >= 11 is 12.4. The molecule has 1 atom stereocenters. The lowest BCUT2D eigenvalue weighted by Gasteiger charge is -2.31. The Bertz CT molecular complexity index is 647. The van der Waals surface area contributed by atoms with Gasteiger partial charge in [0.15, 0.2) is 0 Å². The van der Waals surface area contributed by atoms with Crippen LogP contribution in [0.5, 0.6) is 0 Å². The molecule has 23 heavy (non-hydrogen) atoms. The fraction of sp³-hybridized carbons (Fsp3) is 0.368. The van der Waals surface area contributed by atoms with E-state index in [1.807, 2.05) is 12.1 Å². The topological polar surface area (TPSA) is 15.3 Å². The molecule has 1 saturated heterocycles. The molecule has 1 aliphatic heterocycles. The molecule has 1 fully saturated rings. The number of nitrogens with zero attached hydrogens (tertiary/aromatic N) is 1. The Labute approximate surface area is 148 Å². The van der Waals surface area contributed by atoms with Crippen LogP contribution in [0.25, 0.3) is 0 Å². The van der Waals surface area contributed by atoms with Crippen LogP contribution in [0.4, 0.5) is 0 Å². The number of halogens is 2. The molecule has 0 aliphatic carbocycles. The molecule has 3 rings (SSSR count). The van der Waals surface area contributed by atoms with E-state index in [4.69, 9.17) is 23.2 Å². The van der Waals surface area contributed by atoms with E-state index in [1.165, 1.54) is 16.7 Å². The van der Waals surface area contributed by atoms with Crippen molar-refractivity contribution in [1.82, 2.24) is 10.2 Å². The second-order valence-corrected chi connectivity index (χ2v) is 6.94. The van der Waals surface area contributed by atoms with Gasteiger partial charge < -0.3 is 5.32 Å². The van der Waals surface area contributed by atoms with Crippen molar-refractivity contribution < 1.29 is 0 Å². The van der Waals surface area contributed by atoms with Crippen molar-refractivity contribution in [1.29, 1.82) is 0 Å². The predicted octanol–water partition coefficient (Wildman–Crippen LogP) is 4.69.